The van der Waals surface area contributed by atoms with Crippen LogP contribution in [0.4, 0.5) is 4.79 Å². The normalized spacial score (nSPS) is 21.8. The molecule has 3 rings (SSSR count). The zero-order valence-electron chi connectivity index (χ0n) is 16.1. The summed E-state index contributed by atoms with van der Waals surface area (Å²) in [4.78, 5) is 28.0. The second-order valence-electron chi connectivity index (χ2n) is 7.96. The lowest BCUT2D eigenvalue weighted by atomic mass is 9.88. The predicted octanol–water partition coefficient (Wildman–Crippen LogP) is 1.20. The number of aromatic nitrogens is 2. The van der Waals surface area contributed by atoms with E-state index in [2.05, 4.69) is 10.4 Å². The minimum absolute atomic E-state index is 0.00874. The fourth-order valence-corrected chi connectivity index (χ4v) is 3.64. The number of ether oxygens (including phenoxy) is 1. The van der Waals surface area contributed by atoms with Crippen molar-refractivity contribution >= 4 is 11.9 Å². The Bertz CT molecular complexity index is 682. The standard InChI is InChI=1S/C18H29N5O3/c1-18(2)10-13(5-8-26-18)16(24)19-11-14-9-15-12-22(17(25)21(3)4)6-7-23(15)20-14/h9,13H,5-8,10-12H2,1-4H3,(H,19,24)/t13-/m1/s1. The fraction of sp³-hybridized carbons (Fsp3) is 0.722. The molecule has 0 radical (unpaired) electrons. The van der Waals surface area contributed by atoms with E-state index in [0.717, 1.165) is 24.2 Å². The van der Waals surface area contributed by atoms with E-state index in [4.69, 9.17) is 4.74 Å². The number of amides is 3. The number of hydrogen-bond donors (Lipinski definition) is 1. The molecule has 2 aliphatic heterocycles. The number of hydrogen-bond acceptors (Lipinski definition) is 4. The molecule has 1 fully saturated rings. The zero-order valence-corrected chi connectivity index (χ0v) is 16.1. The molecule has 0 aliphatic carbocycles. The van der Waals surface area contributed by atoms with Crippen LogP contribution in [0.1, 0.15) is 38.1 Å². The first-order chi connectivity index (χ1) is 12.2. The van der Waals surface area contributed by atoms with Crippen LogP contribution in [0.25, 0.3) is 0 Å². The van der Waals surface area contributed by atoms with E-state index in [1.165, 1.54) is 0 Å². The van der Waals surface area contributed by atoms with Gasteiger partial charge in [0.1, 0.15) is 0 Å². The van der Waals surface area contributed by atoms with Crippen molar-refractivity contribution in [3.63, 3.8) is 0 Å². The topological polar surface area (TPSA) is 79.7 Å². The highest BCUT2D eigenvalue weighted by Crippen LogP contribution is 2.28. The van der Waals surface area contributed by atoms with Crippen molar-refractivity contribution in [1.82, 2.24) is 24.9 Å². The van der Waals surface area contributed by atoms with Crippen LogP contribution in [0.2, 0.25) is 0 Å². The highest BCUT2D eigenvalue weighted by atomic mass is 16.5. The number of fused-ring (bicyclic) bond motifs is 1. The predicted molar refractivity (Wildman–Crippen MR) is 96.3 cm³/mol. The summed E-state index contributed by atoms with van der Waals surface area (Å²) in [5.74, 6) is 0.0564. The van der Waals surface area contributed by atoms with Crippen LogP contribution in [0, 0.1) is 5.92 Å². The number of nitrogens with zero attached hydrogens (tertiary/aromatic N) is 4. The SMILES string of the molecule is CN(C)C(=O)N1CCn2nc(CNC(=O)[C@@H]3CCOC(C)(C)C3)cc2C1. The Morgan fingerprint density at radius 2 is 2.15 bits per heavy atom. The van der Waals surface area contributed by atoms with Crippen LogP contribution in [-0.4, -0.2) is 64.4 Å². The lowest BCUT2D eigenvalue weighted by Gasteiger charge is -2.34. The molecule has 26 heavy (non-hydrogen) atoms. The van der Waals surface area contributed by atoms with Crippen molar-refractivity contribution in [1.29, 1.82) is 0 Å². The second kappa shape index (κ2) is 7.26. The molecule has 0 bridgehead atoms. The summed E-state index contributed by atoms with van der Waals surface area (Å²) in [6.45, 7) is 6.96. The summed E-state index contributed by atoms with van der Waals surface area (Å²) < 4.78 is 7.61. The molecule has 144 valence electrons. The minimum Gasteiger partial charge on any atom is -0.376 e. The fourth-order valence-electron chi connectivity index (χ4n) is 3.64. The van der Waals surface area contributed by atoms with Gasteiger partial charge in [0.15, 0.2) is 0 Å². The van der Waals surface area contributed by atoms with E-state index in [1.54, 1.807) is 19.0 Å². The Labute approximate surface area is 154 Å². The molecule has 1 N–H and O–H groups in total. The highest BCUT2D eigenvalue weighted by Gasteiger charge is 2.33. The summed E-state index contributed by atoms with van der Waals surface area (Å²) >= 11 is 0. The van der Waals surface area contributed by atoms with Crippen molar-refractivity contribution in [3.8, 4) is 0 Å². The Morgan fingerprint density at radius 3 is 2.85 bits per heavy atom. The average Bonchev–Trinajstić information content (AvgIpc) is 2.99. The van der Waals surface area contributed by atoms with Gasteiger partial charge in [-0.05, 0) is 32.8 Å². The molecule has 0 unspecified atom stereocenters. The van der Waals surface area contributed by atoms with Crippen LogP contribution >= 0.6 is 0 Å². The molecular formula is C18H29N5O3. The van der Waals surface area contributed by atoms with Gasteiger partial charge in [-0.2, -0.15) is 5.10 Å². The van der Waals surface area contributed by atoms with Gasteiger partial charge in [0.2, 0.25) is 5.91 Å². The summed E-state index contributed by atoms with van der Waals surface area (Å²) in [7, 11) is 3.51. The first kappa shape index (κ1) is 18.7. The van der Waals surface area contributed by atoms with Gasteiger partial charge < -0.3 is 19.9 Å². The maximum atomic E-state index is 12.5. The van der Waals surface area contributed by atoms with E-state index >= 15 is 0 Å². The molecule has 8 nitrogen and oxygen atoms in total. The molecule has 1 aromatic heterocycles. The van der Waals surface area contributed by atoms with Gasteiger partial charge in [-0.1, -0.05) is 0 Å². The highest BCUT2D eigenvalue weighted by molar-refractivity contribution is 5.78. The summed E-state index contributed by atoms with van der Waals surface area (Å²) in [6.07, 6.45) is 1.50. The lowest BCUT2D eigenvalue weighted by Crippen LogP contribution is -2.43. The summed E-state index contributed by atoms with van der Waals surface area (Å²) in [6, 6.07) is 1.98. The largest absolute Gasteiger partial charge is 0.376 e. The van der Waals surface area contributed by atoms with E-state index in [9.17, 15) is 9.59 Å². The number of carbonyl (C=O) groups excluding carboxylic acids is 2. The van der Waals surface area contributed by atoms with Gasteiger partial charge in [0, 0.05) is 33.2 Å². The quantitative estimate of drug-likeness (QED) is 0.875. The molecule has 1 atom stereocenters. The molecule has 0 saturated carbocycles. The van der Waals surface area contributed by atoms with Gasteiger partial charge in [0.05, 0.1) is 36.6 Å². The molecule has 2 aliphatic rings. The van der Waals surface area contributed by atoms with E-state index < -0.39 is 0 Å². The number of urea groups is 1. The maximum Gasteiger partial charge on any atom is 0.319 e. The molecule has 0 aromatic carbocycles. The van der Waals surface area contributed by atoms with Crippen molar-refractivity contribution in [2.24, 2.45) is 5.92 Å². The van der Waals surface area contributed by atoms with Gasteiger partial charge >= 0.3 is 6.03 Å². The molecule has 3 heterocycles. The molecule has 8 heteroatoms. The summed E-state index contributed by atoms with van der Waals surface area (Å²) in [5, 5.41) is 7.57. The Kier molecular flexibility index (Phi) is 5.22. The van der Waals surface area contributed by atoms with Crippen LogP contribution < -0.4 is 5.32 Å². The summed E-state index contributed by atoms with van der Waals surface area (Å²) in [5.41, 5.74) is 1.60. The van der Waals surface area contributed by atoms with Crippen molar-refractivity contribution in [3.05, 3.63) is 17.5 Å². The Hall–Kier alpha value is -2.09. The Morgan fingerprint density at radius 1 is 1.38 bits per heavy atom. The number of rotatable bonds is 3. The third-order valence-electron chi connectivity index (χ3n) is 5.01. The zero-order chi connectivity index (χ0) is 18.9. The third kappa shape index (κ3) is 4.17. The van der Waals surface area contributed by atoms with Gasteiger partial charge in [-0.25, -0.2) is 4.79 Å². The molecule has 1 saturated heterocycles. The maximum absolute atomic E-state index is 12.5. The molecule has 3 amide bonds. The van der Waals surface area contributed by atoms with E-state index in [0.29, 0.717) is 32.8 Å². The second-order valence-corrected chi connectivity index (χ2v) is 7.96. The van der Waals surface area contributed by atoms with Gasteiger partial charge in [-0.15, -0.1) is 0 Å². The van der Waals surface area contributed by atoms with Crippen molar-refractivity contribution < 1.29 is 14.3 Å². The first-order valence-corrected chi connectivity index (χ1v) is 9.19. The molecule has 1 aromatic rings. The minimum atomic E-state index is -0.240. The van der Waals surface area contributed by atoms with E-state index in [1.807, 2.05) is 29.5 Å². The van der Waals surface area contributed by atoms with Crippen LogP contribution in [-0.2, 0) is 29.2 Å². The van der Waals surface area contributed by atoms with Crippen molar-refractivity contribution in [2.75, 3.05) is 27.2 Å². The number of carbonyl (C=O) groups is 2. The van der Waals surface area contributed by atoms with Crippen LogP contribution in [0.15, 0.2) is 6.07 Å². The van der Waals surface area contributed by atoms with Crippen LogP contribution in [0.5, 0.6) is 0 Å². The third-order valence-corrected chi connectivity index (χ3v) is 5.01. The van der Waals surface area contributed by atoms with E-state index in [-0.39, 0.29) is 23.5 Å². The Balaban J connectivity index is 1.56. The number of nitrogens with one attached hydrogen (secondary N) is 1. The van der Waals surface area contributed by atoms with Gasteiger partial charge in [-0.3, -0.25) is 9.48 Å². The first-order valence-electron chi connectivity index (χ1n) is 9.19. The smallest absolute Gasteiger partial charge is 0.319 e. The average molecular weight is 363 g/mol. The molecular weight excluding hydrogens is 334 g/mol. The monoisotopic (exact) mass is 363 g/mol. The van der Waals surface area contributed by atoms with Crippen molar-refractivity contribution in [2.45, 2.75) is 51.9 Å². The molecule has 0 spiro atoms. The lowest BCUT2D eigenvalue weighted by molar-refractivity contribution is -0.135. The van der Waals surface area contributed by atoms with Crippen LogP contribution in [0.3, 0.4) is 0 Å². The van der Waals surface area contributed by atoms with Gasteiger partial charge in [0.25, 0.3) is 0 Å².